The zero-order chi connectivity index (χ0) is 13.0. The molecule has 91 valence electrons. The standard InChI is InChI=1S/C16H15O2/c1-13(14-8-4-2-5-9-14)16(18,12-17)15-10-6-3-7-11-15/h2-12,18H,1H3. The van der Waals surface area contributed by atoms with Crippen molar-refractivity contribution in [2.75, 3.05) is 0 Å². The van der Waals surface area contributed by atoms with E-state index in [2.05, 4.69) is 0 Å². The Labute approximate surface area is 107 Å². The van der Waals surface area contributed by atoms with Gasteiger partial charge in [-0.3, -0.25) is 4.79 Å². The molecule has 1 radical (unpaired) electrons. The first-order valence-corrected chi connectivity index (χ1v) is 5.82. The van der Waals surface area contributed by atoms with Gasteiger partial charge < -0.3 is 5.11 Å². The molecule has 1 unspecified atom stereocenters. The van der Waals surface area contributed by atoms with Gasteiger partial charge in [-0.2, -0.15) is 0 Å². The van der Waals surface area contributed by atoms with Crippen molar-refractivity contribution in [2.45, 2.75) is 12.5 Å². The van der Waals surface area contributed by atoms with Gasteiger partial charge in [-0.25, -0.2) is 0 Å². The smallest absolute Gasteiger partial charge is 0.157 e. The fraction of sp³-hybridized carbons (Fsp3) is 0.125. The summed E-state index contributed by atoms with van der Waals surface area (Å²) in [6.45, 7) is 1.77. The number of carbonyl (C=O) groups excluding carboxylic acids is 1. The SMILES string of the molecule is C[C](c1ccccc1)C(O)(C=O)c1ccccc1. The third-order valence-corrected chi connectivity index (χ3v) is 3.16. The number of hydrogen-bond acceptors (Lipinski definition) is 2. The average Bonchev–Trinajstić information content (AvgIpc) is 2.47. The fourth-order valence-electron chi connectivity index (χ4n) is 1.97. The van der Waals surface area contributed by atoms with Gasteiger partial charge in [-0.05, 0) is 11.1 Å². The Kier molecular flexibility index (Phi) is 3.58. The van der Waals surface area contributed by atoms with Crippen molar-refractivity contribution in [3.63, 3.8) is 0 Å². The zero-order valence-electron chi connectivity index (χ0n) is 10.2. The molecule has 0 spiro atoms. The summed E-state index contributed by atoms with van der Waals surface area (Å²) in [5.74, 6) is 0.629. The lowest BCUT2D eigenvalue weighted by Gasteiger charge is -2.29. The third kappa shape index (κ3) is 2.20. The summed E-state index contributed by atoms with van der Waals surface area (Å²) in [5, 5.41) is 10.6. The molecule has 1 N–H and O–H groups in total. The fourth-order valence-corrected chi connectivity index (χ4v) is 1.97. The van der Waals surface area contributed by atoms with Crippen LogP contribution in [0.2, 0.25) is 0 Å². The highest BCUT2D eigenvalue weighted by atomic mass is 16.3. The first-order chi connectivity index (χ1) is 8.68. The van der Waals surface area contributed by atoms with Crippen LogP contribution in [-0.2, 0) is 10.4 Å². The Morgan fingerprint density at radius 3 is 2.00 bits per heavy atom. The highest BCUT2D eigenvalue weighted by molar-refractivity contribution is 5.72. The summed E-state index contributed by atoms with van der Waals surface area (Å²) in [6, 6.07) is 18.4. The maximum Gasteiger partial charge on any atom is 0.157 e. The highest BCUT2D eigenvalue weighted by Gasteiger charge is 2.36. The minimum Gasteiger partial charge on any atom is -0.377 e. The molecule has 0 heterocycles. The molecule has 0 aliphatic rings. The van der Waals surface area contributed by atoms with Gasteiger partial charge in [-0.1, -0.05) is 67.6 Å². The van der Waals surface area contributed by atoms with Crippen LogP contribution in [-0.4, -0.2) is 11.4 Å². The predicted molar refractivity (Wildman–Crippen MR) is 70.9 cm³/mol. The van der Waals surface area contributed by atoms with Gasteiger partial charge in [0.15, 0.2) is 11.9 Å². The van der Waals surface area contributed by atoms with E-state index in [1.54, 1.807) is 19.1 Å². The van der Waals surface area contributed by atoms with Crippen molar-refractivity contribution in [1.82, 2.24) is 0 Å². The molecule has 0 saturated carbocycles. The number of aliphatic hydroxyl groups is 1. The number of carbonyl (C=O) groups is 1. The molecule has 0 saturated heterocycles. The molecular formula is C16H15O2. The third-order valence-electron chi connectivity index (χ3n) is 3.16. The molecule has 0 amide bonds. The number of rotatable bonds is 4. The molecule has 0 aliphatic carbocycles. The minimum absolute atomic E-state index is 0.585. The molecule has 1 atom stereocenters. The van der Waals surface area contributed by atoms with Crippen LogP contribution in [0.15, 0.2) is 60.7 Å². The Morgan fingerprint density at radius 2 is 1.50 bits per heavy atom. The van der Waals surface area contributed by atoms with Crippen LogP contribution in [0.1, 0.15) is 18.1 Å². The summed E-state index contributed by atoms with van der Waals surface area (Å²) in [6.07, 6.45) is 0.588. The van der Waals surface area contributed by atoms with Gasteiger partial charge >= 0.3 is 0 Å². The molecule has 0 aromatic heterocycles. The van der Waals surface area contributed by atoms with Gasteiger partial charge in [0.1, 0.15) is 0 Å². The zero-order valence-corrected chi connectivity index (χ0v) is 10.2. The molecule has 2 rings (SSSR count). The number of hydrogen-bond donors (Lipinski definition) is 1. The predicted octanol–water partition coefficient (Wildman–Crippen LogP) is 2.72. The number of benzene rings is 2. The van der Waals surface area contributed by atoms with Gasteiger partial charge in [0.25, 0.3) is 0 Å². The Hall–Kier alpha value is -1.93. The molecular weight excluding hydrogens is 224 g/mol. The van der Waals surface area contributed by atoms with E-state index >= 15 is 0 Å². The molecule has 2 heteroatoms. The van der Waals surface area contributed by atoms with E-state index in [9.17, 15) is 9.90 Å². The Morgan fingerprint density at radius 1 is 1.00 bits per heavy atom. The second-order valence-corrected chi connectivity index (χ2v) is 4.24. The maximum absolute atomic E-state index is 11.4. The van der Waals surface area contributed by atoms with Crippen molar-refractivity contribution in [3.05, 3.63) is 77.7 Å². The summed E-state index contributed by atoms with van der Waals surface area (Å²) in [4.78, 5) is 11.4. The number of aldehydes is 1. The molecule has 0 fully saturated rings. The van der Waals surface area contributed by atoms with Crippen LogP contribution in [0.4, 0.5) is 0 Å². The van der Waals surface area contributed by atoms with Crippen LogP contribution in [0.3, 0.4) is 0 Å². The molecule has 18 heavy (non-hydrogen) atoms. The topological polar surface area (TPSA) is 37.3 Å². The van der Waals surface area contributed by atoms with Gasteiger partial charge in [-0.15, -0.1) is 0 Å². The molecule has 2 nitrogen and oxygen atoms in total. The quantitative estimate of drug-likeness (QED) is 0.833. The van der Waals surface area contributed by atoms with Crippen molar-refractivity contribution in [3.8, 4) is 0 Å². The minimum atomic E-state index is -1.57. The lowest BCUT2D eigenvalue weighted by Crippen LogP contribution is -2.34. The van der Waals surface area contributed by atoms with Crippen LogP contribution in [0.25, 0.3) is 0 Å². The van der Waals surface area contributed by atoms with E-state index in [0.717, 1.165) is 5.56 Å². The van der Waals surface area contributed by atoms with E-state index < -0.39 is 5.60 Å². The highest BCUT2D eigenvalue weighted by Crippen LogP contribution is 2.34. The summed E-state index contributed by atoms with van der Waals surface area (Å²) in [5.41, 5.74) is -0.125. The van der Waals surface area contributed by atoms with Crippen molar-refractivity contribution in [2.24, 2.45) is 0 Å². The molecule has 2 aromatic carbocycles. The average molecular weight is 239 g/mol. The van der Waals surface area contributed by atoms with Gasteiger partial charge in [0.2, 0.25) is 0 Å². The van der Waals surface area contributed by atoms with Crippen molar-refractivity contribution < 1.29 is 9.90 Å². The normalized spacial score (nSPS) is 14.2. The summed E-state index contributed by atoms with van der Waals surface area (Å²) in [7, 11) is 0. The first-order valence-electron chi connectivity index (χ1n) is 5.82. The molecule has 0 aliphatic heterocycles. The van der Waals surface area contributed by atoms with Crippen LogP contribution in [0, 0.1) is 5.92 Å². The molecule has 2 aromatic rings. The lowest BCUT2D eigenvalue weighted by molar-refractivity contribution is -0.122. The Balaban J connectivity index is 2.42. The molecule has 0 bridgehead atoms. The van der Waals surface area contributed by atoms with E-state index in [1.165, 1.54) is 0 Å². The summed E-state index contributed by atoms with van der Waals surface area (Å²) >= 11 is 0. The van der Waals surface area contributed by atoms with E-state index in [0.29, 0.717) is 17.8 Å². The van der Waals surface area contributed by atoms with E-state index in [-0.39, 0.29) is 0 Å². The van der Waals surface area contributed by atoms with E-state index in [1.807, 2.05) is 48.5 Å². The second-order valence-electron chi connectivity index (χ2n) is 4.24. The lowest BCUT2D eigenvalue weighted by atomic mass is 9.79. The van der Waals surface area contributed by atoms with Gasteiger partial charge in [0.05, 0.1) is 0 Å². The van der Waals surface area contributed by atoms with Crippen LogP contribution < -0.4 is 0 Å². The first kappa shape index (κ1) is 12.5. The largest absolute Gasteiger partial charge is 0.377 e. The van der Waals surface area contributed by atoms with Crippen LogP contribution >= 0.6 is 0 Å². The van der Waals surface area contributed by atoms with Crippen molar-refractivity contribution in [1.29, 1.82) is 0 Å². The van der Waals surface area contributed by atoms with Crippen LogP contribution in [0.5, 0.6) is 0 Å². The summed E-state index contributed by atoms with van der Waals surface area (Å²) < 4.78 is 0. The maximum atomic E-state index is 11.4. The van der Waals surface area contributed by atoms with Gasteiger partial charge in [0, 0.05) is 5.92 Å². The van der Waals surface area contributed by atoms with Crippen molar-refractivity contribution >= 4 is 6.29 Å². The second kappa shape index (κ2) is 5.15. The van der Waals surface area contributed by atoms with E-state index in [4.69, 9.17) is 0 Å². The monoisotopic (exact) mass is 239 g/mol. The Bertz CT molecular complexity index is 507.